The van der Waals surface area contributed by atoms with Crippen LogP contribution in [-0.2, 0) is 20.9 Å². The Hall–Kier alpha value is -2.12. The quantitative estimate of drug-likeness (QED) is 0.805. The van der Waals surface area contributed by atoms with Crippen LogP contribution in [0.2, 0.25) is 0 Å². The van der Waals surface area contributed by atoms with E-state index in [1.807, 2.05) is 24.3 Å². The number of benzene rings is 1. The molecule has 26 heavy (non-hydrogen) atoms. The van der Waals surface area contributed by atoms with Gasteiger partial charge in [0.2, 0.25) is 5.91 Å². The van der Waals surface area contributed by atoms with Crippen molar-refractivity contribution in [2.45, 2.75) is 25.9 Å². The zero-order valence-corrected chi connectivity index (χ0v) is 15.3. The van der Waals surface area contributed by atoms with Crippen molar-refractivity contribution in [3.8, 4) is 5.75 Å². The number of morpholine rings is 1. The van der Waals surface area contributed by atoms with Crippen molar-refractivity contribution in [1.29, 1.82) is 0 Å². The molecule has 3 rings (SSSR count). The Kier molecular flexibility index (Phi) is 6.46. The van der Waals surface area contributed by atoms with E-state index in [4.69, 9.17) is 9.47 Å². The van der Waals surface area contributed by atoms with Crippen LogP contribution in [0.1, 0.15) is 18.9 Å². The van der Waals surface area contributed by atoms with Gasteiger partial charge >= 0.3 is 0 Å². The van der Waals surface area contributed by atoms with E-state index in [0.717, 1.165) is 26.1 Å². The monoisotopic (exact) mass is 361 g/mol. The van der Waals surface area contributed by atoms with E-state index in [1.54, 1.807) is 11.8 Å². The van der Waals surface area contributed by atoms with Crippen molar-refractivity contribution in [2.24, 2.45) is 0 Å². The van der Waals surface area contributed by atoms with Crippen molar-refractivity contribution >= 4 is 11.8 Å². The standard InChI is InChI=1S/C19H27N3O4/c1-15(23)20-17-6-7-21(13-17)12-16-2-4-18(5-3-16)26-14-19(24)22-8-10-25-11-9-22/h2-5,17H,6-14H2,1H3,(H,20,23)/t17-/m0/s1. The highest BCUT2D eigenvalue weighted by Gasteiger charge is 2.22. The van der Waals surface area contributed by atoms with Gasteiger partial charge in [0.15, 0.2) is 6.61 Å². The van der Waals surface area contributed by atoms with Gasteiger partial charge in [-0.2, -0.15) is 0 Å². The number of nitrogens with one attached hydrogen (secondary N) is 1. The Morgan fingerprint density at radius 1 is 1.19 bits per heavy atom. The lowest BCUT2D eigenvalue weighted by molar-refractivity contribution is -0.137. The van der Waals surface area contributed by atoms with Gasteiger partial charge in [0, 0.05) is 45.7 Å². The molecule has 1 atom stereocenters. The first-order valence-corrected chi connectivity index (χ1v) is 9.17. The van der Waals surface area contributed by atoms with Gasteiger partial charge in [-0.1, -0.05) is 12.1 Å². The molecule has 7 nitrogen and oxygen atoms in total. The number of nitrogens with zero attached hydrogens (tertiary/aromatic N) is 2. The lowest BCUT2D eigenvalue weighted by Gasteiger charge is -2.26. The Morgan fingerprint density at radius 3 is 2.62 bits per heavy atom. The minimum atomic E-state index is -0.00143. The molecular formula is C19H27N3O4. The van der Waals surface area contributed by atoms with E-state index >= 15 is 0 Å². The molecule has 2 amide bonds. The maximum Gasteiger partial charge on any atom is 0.260 e. The molecule has 1 aromatic carbocycles. The molecule has 7 heteroatoms. The van der Waals surface area contributed by atoms with Gasteiger partial charge in [0.1, 0.15) is 5.75 Å². The zero-order valence-electron chi connectivity index (χ0n) is 15.3. The third-order valence-electron chi connectivity index (χ3n) is 4.74. The summed E-state index contributed by atoms with van der Waals surface area (Å²) in [6.45, 7) is 6.80. The fourth-order valence-corrected chi connectivity index (χ4v) is 3.38. The molecule has 0 bridgehead atoms. The van der Waals surface area contributed by atoms with E-state index in [0.29, 0.717) is 32.1 Å². The number of likely N-dealkylation sites (tertiary alicyclic amines) is 1. The third-order valence-corrected chi connectivity index (χ3v) is 4.74. The summed E-state index contributed by atoms with van der Waals surface area (Å²) in [5.74, 6) is 0.733. The first kappa shape index (κ1) is 18.7. The second-order valence-electron chi connectivity index (χ2n) is 6.85. The molecule has 2 heterocycles. The molecule has 0 spiro atoms. The van der Waals surface area contributed by atoms with Crippen molar-refractivity contribution < 1.29 is 19.1 Å². The summed E-state index contributed by atoms with van der Waals surface area (Å²) in [6, 6.07) is 8.12. The minimum absolute atomic E-state index is 0.00143. The highest BCUT2D eigenvalue weighted by Crippen LogP contribution is 2.17. The van der Waals surface area contributed by atoms with Gasteiger partial charge in [-0.3, -0.25) is 14.5 Å². The summed E-state index contributed by atoms with van der Waals surface area (Å²) in [5.41, 5.74) is 1.19. The molecular weight excluding hydrogens is 334 g/mol. The molecule has 0 aromatic heterocycles. The van der Waals surface area contributed by atoms with E-state index in [9.17, 15) is 9.59 Å². The smallest absolute Gasteiger partial charge is 0.260 e. The fourth-order valence-electron chi connectivity index (χ4n) is 3.38. The lowest BCUT2D eigenvalue weighted by atomic mass is 10.2. The fraction of sp³-hybridized carbons (Fsp3) is 0.579. The van der Waals surface area contributed by atoms with Crippen LogP contribution in [0, 0.1) is 0 Å². The molecule has 1 N–H and O–H groups in total. The average Bonchev–Trinajstić information content (AvgIpc) is 3.07. The lowest BCUT2D eigenvalue weighted by Crippen LogP contribution is -2.42. The summed E-state index contributed by atoms with van der Waals surface area (Å²) in [7, 11) is 0. The molecule has 0 aliphatic carbocycles. The van der Waals surface area contributed by atoms with Crippen molar-refractivity contribution in [3.63, 3.8) is 0 Å². The average molecular weight is 361 g/mol. The van der Waals surface area contributed by atoms with Gasteiger partial charge < -0.3 is 19.7 Å². The molecule has 0 saturated carbocycles. The summed E-state index contributed by atoms with van der Waals surface area (Å²) < 4.78 is 10.9. The van der Waals surface area contributed by atoms with Gasteiger partial charge in [0.25, 0.3) is 5.91 Å². The molecule has 0 radical (unpaired) electrons. The Morgan fingerprint density at radius 2 is 1.92 bits per heavy atom. The van der Waals surface area contributed by atoms with E-state index in [2.05, 4.69) is 10.2 Å². The van der Waals surface area contributed by atoms with E-state index < -0.39 is 0 Å². The minimum Gasteiger partial charge on any atom is -0.484 e. The van der Waals surface area contributed by atoms with Crippen molar-refractivity contribution in [2.75, 3.05) is 46.0 Å². The molecule has 2 aliphatic rings. The van der Waals surface area contributed by atoms with Crippen LogP contribution < -0.4 is 10.1 Å². The molecule has 1 aromatic rings. The predicted molar refractivity (Wildman–Crippen MR) is 96.8 cm³/mol. The zero-order chi connectivity index (χ0) is 18.4. The van der Waals surface area contributed by atoms with Crippen molar-refractivity contribution in [3.05, 3.63) is 29.8 Å². The molecule has 2 saturated heterocycles. The molecule has 0 unspecified atom stereocenters. The number of hydrogen-bond acceptors (Lipinski definition) is 5. The van der Waals surface area contributed by atoms with Crippen LogP contribution in [0.25, 0.3) is 0 Å². The number of ether oxygens (including phenoxy) is 2. The third kappa shape index (κ3) is 5.44. The highest BCUT2D eigenvalue weighted by molar-refractivity contribution is 5.77. The van der Waals surface area contributed by atoms with Gasteiger partial charge in [-0.15, -0.1) is 0 Å². The van der Waals surface area contributed by atoms with Crippen LogP contribution in [0.3, 0.4) is 0 Å². The molecule has 2 fully saturated rings. The van der Waals surface area contributed by atoms with Crippen LogP contribution in [-0.4, -0.2) is 73.7 Å². The van der Waals surface area contributed by atoms with Crippen molar-refractivity contribution in [1.82, 2.24) is 15.1 Å². The second-order valence-corrected chi connectivity index (χ2v) is 6.85. The van der Waals surface area contributed by atoms with Crippen LogP contribution in [0.5, 0.6) is 5.75 Å². The largest absolute Gasteiger partial charge is 0.484 e. The van der Waals surface area contributed by atoms with Crippen LogP contribution in [0.4, 0.5) is 0 Å². The van der Waals surface area contributed by atoms with E-state index in [-0.39, 0.29) is 24.5 Å². The SMILES string of the molecule is CC(=O)N[C@H]1CCN(Cc2ccc(OCC(=O)N3CCOCC3)cc2)C1. The van der Waals surface area contributed by atoms with Crippen LogP contribution >= 0.6 is 0 Å². The summed E-state index contributed by atoms with van der Waals surface area (Å²) in [4.78, 5) is 27.3. The van der Waals surface area contributed by atoms with Gasteiger partial charge in [0.05, 0.1) is 13.2 Å². The van der Waals surface area contributed by atoms with E-state index in [1.165, 1.54) is 5.56 Å². The summed E-state index contributed by atoms with van der Waals surface area (Å²) in [6.07, 6.45) is 0.991. The first-order valence-electron chi connectivity index (χ1n) is 9.17. The number of carbonyl (C=O) groups is 2. The first-order chi connectivity index (χ1) is 12.6. The Bertz CT molecular complexity index is 614. The maximum atomic E-state index is 12.1. The van der Waals surface area contributed by atoms with Gasteiger partial charge in [-0.25, -0.2) is 0 Å². The predicted octanol–water partition coefficient (Wildman–Crippen LogP) is 0.635. The second kappa shape index (κ2) is 9.00. The summed E-state index contributed by atoms with van der Waals surface area (Å²) >= 11 is 0. The summed E-state index contributed by atoms with van der Waals surface area (Å²) in [5, 5.41) is 2.98. The molecule has 142 valence electrons. The molecule has 2 aliphatic heterocycles. The number of amides is 2. The van der Waals surface area contributed by atoms with Crippen LogP contribution in [0.15, 0.2) is 24.3 Å². The highest BCUT2D eigenvalue weighted by atomic mass is 16.5. The Labute approximate surface area is 154 Å². The number of hydrogen-bond donors (Lipinski definition) is 1. The Balaban J connectivity index is 1.42. The maximum absolute atomic E-state index is 12.1. The van der Waals surface area contributed by atoms with Gasteiger partial charge in [-0.05, 0) is 24.1 Å². The topological polar surface area (TPSA) is 71.1 Å². The number of carbonyl (C=O) groups excluding carboxylic acids is 2. The number of rotatable bonds is 6. The normalized spacial score (nSPS) is 20.8.